The molecular formula is C14H17ClN2OS. The summed E-state index contributed by atoms with van der Waals surface area (Å²) in [6, 6.07) is 5.54. The largest absolute Gasteiger partial charge is 0.497 e. The first-order chi connectivity index (χ1) is 8.84. The Balaban J connectivity index is 2.72. The number of nitrogens with one attached hydrogen (secondary N) is 1. The highest BCUT2D eigenvalue weighted by Gasteiger charge is 2.21. The molecule has 0 spiro atoms. The van der Waals surface area contributed by atoms with Crippen molar-refractivity contribution in [2.45, 2.75) is 26.2 Å². The lowest BCUT2D eigenvalue weighted by Crippen LogP contribution is -2.17. The number of hydrogen-bond donors (Lipinski definition) is 1. The van der Waals surface area contributed by atoms with Crippen LogP contribution in [0.2, 0.25) is 5.02 Å². The van der Waals surface area contributed by atoms with E-state index in [1.165, 1.54) is 0 Å². The number of halogens is 1. The third kappa shape index (κ3) is 2.69. The van der Waals surface area contributed by atoms with Crippen molar-refractivity contribution in [1.29, 1.82) is 0 Å². The summed E-state index contributed by atoms with van der Waals surface area (Å²) in [6.45, 7) is 6.40. The molecule has 0 bridgehead atoms. The zero-order valence-corrected chi connectivity index (χ0v) is 13.0. The molecule has 0 saturated carbocycles. The van der Waals surface area contributed by atoms with Gasteiger partial charge in [0, 0.05) is 23.4 Å². The smallest absolute Gasteiger partial charge is 0.182 e. The highest BCUT2D eigenvalue weighted by Crippen LogP contribution is 2.31. The first-order valence-electron chi connectivity index (χ1n) is 5.99. The van der Waals surface area contributed by atoms with E-state index in [9.17, 15) is 0 Å². The van der Waals surface area contributed by atoms with Crippen molar-refractivity contribution in [2.75, 3.05) is 7.11 Å². The summed E-state index contributed by atoms with van der Waals surface area (Å²) in [7, 11) is 1.63. The molecule has 2 rings (SSSR count). The molecule has 0 radical (unpaired) electrons. The first-order valence-corrected chi connectivity index (χ1v) is 6.78. The Bertz CT molecular complexity index is 652. The fourth-order valence-corrected chi connectivity index (χ4v) is 2.41. The van der Waals surface area contributed by atoms with E-state index in [0.29, 0.717) is 9.79 Å². The SMILES string of the molecule is COc1ccc(Cl)c(-n2c(C(C)(C)C)c[nH]c2=S)c1. The lowest BCUT2D eigenvalue weighted by Gasteiger charge is -2.21. The maximum atomic E-state index is 6.30. The minimum absolute atomic E-state index is 0.0417. The van der Waals surface area contributed by atoms with Crippen LogP contribution in [0.4, 0.5) is 0 Å². The molecule has 1 aromatic carbocycles. The van der Waals surface area contributed by atoms with Gasteiger partial charge in [-0.1, -0.05) is 32.4 Å². The van der Waals surface area contributed by atoms with Crippen LogP contribution < -0.4 is 4.74 Å². The summed E-state index contributed by atoms with van der Waals surface area (Å²) in [5.74, 6) is 0.752. The van der Waals surface area contributed by atoms with Gasteiger partial charge in [0.1, 0.15) is 5.75 Å². The van der Waals surface area contributed by atoms with E-state index in [-0.39, 0.29) is 5.41 Å². The molecule has 0 amide bonds. The minimum atomic E-state index is -0.0417. The minimum Gasteiger partial charge on any atom is -0.497 e. The Morgan fingerprint density at radius 2 is 2.00 bits per heavy atom. The number of nitrogens with zero attached hydrogens (tertiary/aromatic N) is 1. The van der Waals surface area contributed by atoms with Gasteiger partial charge < -0.3 is 9.72 Å². The number of H-pyrrole nitrogens is 1. The van der Waals surface area contributed by atoms with Crippen molar-refractivity contribution in [1.82, 2.24) is 9.55 Å². The van der Waals surface area contributed by atoms with E-state index < -0.39 is 0 Å². The Labute approximate surface area is 123 Å². The fraction of sp³-hybridized carbons (Fsp3) is 0.357. The van der Waals surface area contributed by atoms with Gasteiger partial charge in [-0.15, -0.1) is 0 Å². The predicted molar refractivity (Wildman–Crippen MR) is 81.2 cm³/mol. The van der Waals surface area contributed by atoms with Crippen LogP contribution in [-0.2, 0) is 5.41 Å². The van der Waals surface area contributed by atoms with Gasteiger partial charge in [-0.05, 0) is 24.4 Å². The second kappa shape index (κ2) is 5.02. The summed E-state index contributed by atoms with van der Waals surface area (Å²) in [5.41, 5.74) is 1.87. The standard InChI is InChI=1S/C14H17ClN2OS/c1-14(2,3)12-8-16-13(19)17(12)11-7-9(18-4)5-6-10(11)15/h5-8H,1-4H3,(H,16,19). The Morgan fingerprint density at radius 1 is 1.32 bits per heavy atom. The predicted octanol–water partition coefficient (Wildman–Crippen LogP) is 4.49. The topological polar surface area (TPSA) is 29.9 Å². The van der Waals surface area contributed by atoms with Crippen molar-refractivity contribution in [3.05, 3.63) is 39.9 Å². The fourth-order valence-electron chi connectivity index (χ4n) is 1.95. The molecule has 3 nitrogen and oxygen atoms in total. The Kier molecular flexibility index (Phi) is 3.74. The Morgan fingerprint density at radius 3 is 2.58 bits per heavy atom. The third-order valence-electron chi connectivity index (χ3n) is 2.94. The molecule has 102 valence electrons. The van der Waals surface area contributed by atoms with Crippen LogP contribution in [0, 0.1) is 4.77 Å². The van der Waals surface area contributed by atoms with E-state index in [1.54, 1.807) is 7.11 Å². The van der Waals surface area contributed by atoms with E-state index in [0.717, 1.165) is 17.1 Å². The summed E-state index contributed by atoms with van der Waals surface area (Å²) >= 11 is 11.7. The number of methoxy groups -OCH3 is 1. The number of imidazole rings is 1. The van der Waals surface area contributed by atoms with Crippen molar-refractivity contribution in [2.24, 2.45) is 0 Å². The average Bonchev–Trinajstić information content (AvgIpc) is 2.71. The number of ether oxygens (including phenoxy) is 1. The molecule has 0 aliphatic rings. The number of benzene rings is 1. The summed E-state index contributed by atoms with van der Waals surface area (Å²) in [5, 5.41) is 0.641. The molecule has 0 unspecified atom stereocenters. The second-order valence-corrected chi connectivity index (χ2v) is 6.18. The monoisotopic (exact) mass is 296 g/mol. The van der Waals surface area contributed by atoms with Crippen LogP contribution >= 0.6 is 23.8 Å². The summed E-state index contributed by atoms with van der Waals surface area (Å²) in [4.78, 5) is 3.09. The second-order valence-electron chi connectivity index (χ2n) is 5.38. The summed E-state index contributed by atoms with van der Waals surface area (Å²) < 4.78 is 7.84. The van der Waals surface area contributed by atoms with Crippen LogP contribution in [0.1, 0.15) is 26.5 Å². The van der Waals surface area contributed by atoms with Gasteiger partial charge in [0.15, 0.2) is 4.77 Å². The Hall–Kier alpha value is -1.26. The van der Waals surface area contributed by atoms with Crippen molar-refractivity contribution in [3.63, 3.8) is 0 Å². The van der Waals surface area contributed by atoms with Crippen molar-refractivity contribution in [3.8, 4) is 11.4 Å². The molecule has 2 aromatic rings. The molecule has 1 aromatic heterocycles. The zero-order valence-electron chi connectivity index (χ0n) is 11.5. The molecule has 5 heteroatoms. The van der Waals surface area contributed by atoms with Gasteiger partial charge in [0.05, 0.1) is 17.8 Å². The molecule has 1 N–H and O–H groups in total. The van der Waals surface area contributed by atoms with E-state index >= 15 is 0 Å². The van der Waals surface area contributed by atoms with Crippen LogP contribution in [-0.4, -0.2) is 16.7 Å². The van der Waals surface area contributed by atoms with Gasteiger partial charge in [0.2, 0.25) is 0 Å². The van der Waals surface area contributed by atoms with Crippen LogP contribution in [0.3, 0.4) is 0 Å². The quantitative estimate of drug-likeness (QED) is 0.827. The molecule has 0 fully saturated rings. The van der Waals surface area contributed by atoms with Gasteiger partial charge >= 0.3 is 0 Å². The van der Waals surface area contributed by atoms with Gasteiger partial charge in [-0.2, -0.15) is 0 Å². The third-order valence-corrected chi connectivity index (χ3v) is 3.56. The first kappa shape index (κ1) is 14.2. The average molecular weight is 297 g/mol. The molecular weight excluding hydrogens is 280 g/mol. The molecule has 0 aliphatic carbocycles. The van der Waals surface area contributed by atoms with Gasteiger partial charge in [-0.3, -0.25) is 4.57 Å². The van der Waals surface area contributed by atoms with E-state index in [1.807, 2.05) is 29.0 Å². The lowest BCUT2D eigenvalue weighted by atomic mass is 9.92. The highest BCUT2D eigenvalue weighted by atomic mass is 35.5. The molecule has 19 heavy (non-hydrogen) atoms. The van der Waals surface area contributed by atoms with Crippen molar-refractivity contribution < 1.29 is 4.74 Å². The molecule has 0 saturated heterocycles. The molecule has 0 aliphatic heterocycles. The van der Waals surface area contributed by atoms with Gasteiger partial charge in [0.25, 0.3) is 0 Å². The van der Waals surface area contributed by atoms with Crippen LogP contribution in [0.5, 0.6) is 5.75 Å². The summed E-state index contributed by atoms with van der Waals surface area (Å²) in [6.07, 6.45) is 1.93. The highest BCUT2D eigenvalue weighted by molar-refractivity contribution is 7.71. The zero-order chi connectivity index (χ0) is 14.2. The van der Waals surface area contributed by atoms with Crippen LogP contribution in [0.15, 0.2) is 24.4 Å². The lowest BCUT2D eigenvalue weighted by molar-refractivity contribution is 0.414. The normalized spacial score (nSPS) is 11.6. The maximum Gasteiger partial charge on any atom is 0.182 e. The number of aromatic nitrogens is 2. The number of rotatable bonds is 2. The maximum absolute atomic E-state index is 6.30. The van der Waals surface area contributed by atoms with E-state index in [4.69, 9.17) is 28.6 Å². The van der Waals surface area contributed by atoms with Crippen LogP contribution in [0.25, 0.3) is 5.69 Å². The molecule has 1 heterocycles. The molecule has 0 atom stereocenters. The van der Waals surface area contributed by atoms with Crippen molar-refractivity contribution >= 4 is 23.8 Å². The van der Waals surface area contributed by atoms with Gasteiger partial charge in [-0.25, -0.2) is 0 Å². The number of aromatic amines is 1. The number of hydrogen-bond acceptors (Lipinski definition) is 2. The van der Waals surface area contributed by atoms with E-state index in [2.05, 4.69) is 25.8 Å².